The Balaban J connectivity index is 2.40. The Morgan fingerprint density at radius 2 is 2.05 bits per heavy atom. The Morgan fingerprint density at radius 1 is 1.37 bits per heavy atom. The molecule has 1 atom stereocenters. The summed E-state index contributed by atoms with van der Waals surface area (Å²) in [5.41, 5.74) is 2.11. The highest BCUT2D eigenvalue weighted by molar-refractivity contribution is 6.31. The number of hydrogen-bond donors (Lipinski definition) is 1. The lowest BCUT2D eigenvalue weighted by atomic mass is 10.0. The zero-order valence-electron chi connectivity index (χ0n) is 11.4. The first kappa shape index (κ1) is 13.9. The van der Waals surface area contributed by atoms with Gasteiger partial charge in [-0.1, -0.05) is 23.7 Å². The van der Waals surface area contributed by atoms with E-state index in [0.717, 1.165) is 23.6 Å². The molecule has 0 aliphatic rings. The minimum absolute atomic E-state index is 0.0147. The van der Waals surface area contributed by atoms with Crippen LogP contribution in [0.15, 0.2) is 30.5 Å². The second kappa shape index (κ2) is 6.08. The van der Waals surface area contributed by atoms with E-state index in [-0.39, 0.29) is 6.04 Å². The molecule has 0 saturated carbocycles. The molecule has 2 aromatic rings. The van der Waals surface area contributed by atoms with E-state index in [4.69, 9.17) is 16.3 Å². The predicted molar refractivity (Wildman–Crippen MR) is 76.8 cm³/mol. The lowest BCUT2D eigenvalue weighted by molar-refractivity contribution is 0.414. The standard InChI is InChI=1S/C14H18ClN3O/c1-4-18-14(12(15)9-17-18)13(16-2)10-5-7-11(19-3)8-6-10/h5-9,13,16H,4H2,1-3H3. The molecule has 0 aliphatic carbocycles. The molecule has 2 rings (SSSR count). The Morgan fingerprint density at radius 3 is 2.58 bits per heavy atom. The fraction of sp³-hybridized carbons (Fsp3) is 0.357. The van der Waals surface area contributed by atoms with Gasteiger partial charge in [-0.3, -0.25) is 4.68 Å². The van der Waals surface area contributed by atoms with Crippen LogP contribution in [0.4, 0.5) is 0 Å². The van der Waals surface area contributed by atoms with Crippen LogP contribution in [-0.2, 0) is 6.54 Å². The van der Waals surface area contributed by atoms with Gasteiger partial charge in [0.2, 0.25) is 0 Å². The third kappa shape index (κ3) is 2.74. The summed E-state index contributed by atoms with van der Waals surface area (Å²) in [5.74, 6) is 0.841. The Hall–Kier alpha value is -1.52. The molecular formula is C14H18ClN3O. The lowest BCUT2D eigenvalue weighted by Gasteiger charge is -2.19. The van der Waals surface area contributed by atoms with Crippen LogP contribution in [0.3, 0.4) is 0 Å². The van der Waals surface area contributed by atoms with Gasteiger partial charge in [0.25, 0.3) is 0 Å². The average molecular weight is 280 g/mol. The summed E-state index contributed by atoms with van der Waals surface area (Å²) in [4.78, 5) is 0. The molecule has 1 aromatic carbocycles. The molecule has 0 saturated heterocycles. The molecule has 1 aromatic heterocycles. The molecule has 0 fully saturated rings. The number of halogens is 1. The highest BCUT2D eigenvalue weighted by Gasteiger charge is 2.20. The molecule has 0 radical (unpaired) electrons. The quantitative estimate of drug-likeness (QED) is 0.915. The van der Waals surface area contributed by atoms with Crippen LogP contribution in [0, 0.1) is 0 Å². The van der Waals surface area contributed by atoms with Crippen LogP contribution in [0.25, 0.3) is 0 Å². The van der Waals surface area contributed by atoms with Crippen LogP contribution in [-0.4, -0.2) is 23.9 Å². The van der Waals surface area contributed by atoms with Gasteiger partial charge in [-0.15, -0.1) is 0 Å². The number of hydrogen-bond acceptors (Lipinski definition) is 3. The van der Waals surface area contributed by atoms with Gasteiger partial charge in [-0.2, -0.15) is 5.10 Å². The van der Waals surface area contributed by atoms with Crippen molar-refractivity contribution in [1.29, 1.82) is 0 Å². The van der Waals surface area contributed by atoms with Crippen molar-refractivity contribution in [2.24, 2.45) is 0 Å². The van der Waals surface area contributed by atoms with E-state index < -0.39 is 0 Å². The molecular weight excluding hydrogens is 262 g/mol. The van der Waals surface area contributed by atoms with Gasteiger partial charge >= 0.3 is 0 Å². The van der Waals surface area contributed by atoms with Crippen molar-refractivity contribution < 1.29 is 4.74 Å². The number of aromatic nitrogens is 2. The van der Waals surface area contributed by atoms with Crippen molar-refractivity contribution in [3.05, 3.63) is 46.7 Å². The maximum Gasteiger partial charge on any atom is 0.118 e. The first-order valence-corrected chi connectivity index (χ1v) is 6.61. The largest absolute Gasteiger partial charge is 0.497 e. The van der Waals surface area contributed by atoms with Crippen LogP contribution in [0.5, 0.6) is 5.75 Å². The second-order valence-corrected chi connectivity index (χ2v) is 4.60. The van der Waals surface area contributed by atoms with E-state index in [9.17, 15) is 0 Å². The van der Waals surface area contributed by atoms with Gasteiger partial charge in [0.1, 0.15) is 5.75 Å². The molecule has 102 valence electrons. The summed E-state index contributed by atoms with van der Waals surface area (Å²) in [6, 6.07) is 7.97. The third-order valence-corrected chi connectivity index (χ3v) is 3.44. The number of nitrogens with zero attached hydrogens (tertiary/aromatic N) is 2. The number of benzene rings is 1. The normalized spacial score (nSPS) is 12.4. The molecule has 0 aliphatic heterocycles. The van der Waals surface area contributed by atoms with Crippen molar-refractivity contribution in [3.63, 3.8) is 0 Å². The van der Waals surface area contributed by atoms with Crippen LogP contribution >= 0.6 is 11.6 Å². The Kier molecular flexibility index (Phi) is 4.45. The smallest absolute Gasteiger partial charge is 0.118 e. The molecule has 19 heavy (non-hydrogen) atoms. The van der Waals surface area contributed by atoms with Crippen molar-refractivity contribution in [2.75, 3.05) is 14.2 Å². The van der Waals surface area contributed by atoms with Crippen molar-refractivity contribution in [3.8, 4) is 5.75 Å². The molecule has 4 nitrogen and oxygen atoms in total. The number of nitrogens with one attached hydrogen (secondary N) is 1. The highest BCUT2D eigenvalue weighted by Crippen LogP contribution is 2.29. The summed E-state index contributed by atoms with van der Waals surface area (Å²) >= 11 is 6.26. The molecule has 5 heteroatoms. The maximum absolute atomic E-state index is 6.26. The fourth-order valence-electron chi connectivity index (χ4n) is 2.17. The molecule has 1 N–H and O–H groups in total. The maximum atomic E-state index is 6.26. The summed E-state index contributed by atoms with van der Waals surface area (Å²) in [6.07, 6.45) is 1.69. The zero-order chi connectivity index (χ0) is 13.8. The van der Waals surface area contributed by atoms with Crippen molar-refractivity contribution >= 4 is 11.6 Å². The van der Waals surface area contributed by atoms with Gasteiger partial charge in [0, 0.05) is 6.54 Å². The molecule has 0 spiro atoms. The fourth-order valence-corrected chi connectivity index (χ4v) is 2.42. The van der Waals surface area contributed by atoms with Gasteiger partial charge in [-0.05, 0) is 31.7 Å². The van der Waals surface area contributed by atoms with Crippen LogP contribution in [0.1, 0.15) is 24.2 Å². The van der Waals surface area contributed by atoms with E-state index in [0.29, 0.717) is 5.02 Å². The third-order valence-electron chi connectivity index (χ3n) is 3.14. The highest BCUT2D eigenvalue weighted by atomic mass is 35.5. The second-order valence-electron chi connectivity index (χ2n) is 4.19. The number of ether oxygens (including phenoxy) is 1. The van der Waals surface area contributed by atoms with Crippen molar-refractivity contribution in [2.45, 2.75) is 19.5 Å². The van der Waals surface area contributed by atoms with Gasteiger partial charge < -0.3 is 10.1 Å². The summed E-state index contributed by atoms with van der Waals surface area (Å²) in [5, 5.41) is 8.25. The zero-order valence-corrected chi connectivity index (χ0v) is 12.1. The van der Waals surface area contributed by atoms with Crippen LogP contribution < -0.4 is 10.1 Å². The van der Waals surface area contributed by atoms with E-state index in [2.05, 4.69) is 10.4 Å². The van der Waals surface area contributed by atoms with Gasteiger partial charge in [-0.25, -0.2) is 0 Å². The Bertz CT molecular complexity index is 536. The lowest BCUT2D eigenvalue weighted by Crippen LogP contribution is -2.21. The van der Waals surface area contributed by atoms with Gasteiger partial charge in [0.15, 0.2) is 0 Å². The SMILES string of the molecule is CCn1ncc(Cl)c1C(NC)c1ccc(OC)cc1. The first-order valence-electron chi connectivity index (χ1n) is 6.23. The number of rotatable bonds is 5. The summed E-state index contributed by atoms with van der Waals surface area (Å²) in [7, 11) is 3.58. The van der Waals surface area contributed by atoms with Gasteiger partial charge in [0.05, 0.1) is 30.1 Å². The molecule has 0 bridgehead atoms. The van der Waals surface area contributed by atoms with E-state index in [1.54, 1.807) is 13.3 Å². The van der Waals surface area contributed by atoms with Crippen LogP contribution in [0.2, 0.25) is 5.02 Å². The number of aryl methyl sites for hydroxylation is 1. The molecule has 1 heterocycles. The molecule has 0 amide bonds. The minimum atomic E-state index is 0.0147. The monoisotopic (exact) mass is 279 g/mol. The summed E-state index contributed by atoms with van der Waals surface area (Å²) < 4.78 is 7.09. The van der Waals surface area contributed by atoms with E-state index >= 15 is 0 Å². The first-order chi connectivity index (χ1) is 9.21. The minimum Gasteiger partial charge on any atom is -0.497 e. The Labute approximate surface area is 118 Å². The average Bonchev–Trinajstić information content (AvgIpc) is 2.82. The molecule has 1 unspecified atom stereocenters. The predicted octanol–water partition coefficient (Wildman–Crippen LogP) is 2.87. The van der Waals surface area contributed by atoms with E-state index in [1.807, 2.05) is 42.9 Å². The topological polar surface area (TPSA) is 39.1 Å². The van der Waals surface area contributed by atoms with Crippen molar-refractivity contribution in [1.82, 2.24) is 15.1 Å². The summed E-state index contributed by atoms with van der Waals surface area (Å²) in [6.45, 7) is 2.84. The van der Waals surface area contributed by atoms with E-state index in [1.165, 1.54) is 0 Å². The number of methoxy groups -OCH3 is 1.